The molecule has 1 saturated carbocycles. The van der Waals surface area contributed by atoms with Crippen molar-refractivity contribution in [3.05, 3.63) is 54.1 Å². The second-order valence-electron chi connectivity index (χ2n) is 7.16. The first-order valence-electron chi connectivity index (χ1n) is 9.36. The molecule has 0 amide bonds. The van der Waals surface area contributed by atoms with Crippen LogP contribution in [0.4, 0.5) is 13.2 Å². The third-order valence-corrected chi connectivity index (χ3v) is 5.44. The van der Waals surface area contributed by atoms with E-state index in [9.17, 15) is 18.0 Å². The van der Waals surface area contributed by atoms with E-state index in [0.717, 1.165) is 17.0 Å². The maximum Gasteiger partial charge on any atom is 0.491 e. The lowest BCUT2D eigenvalue weighted by Gasteiger charge is -2.28. The van der Waals surface area contributed by atoms with Crippen molar-refractivity contribution in [3.63, 3.8) is 0 Å². The van der Waals surface area contributed by atoms with E-state index in [1.165, 1.54) is 49.8 Å². The molecule has 0 aromatic heterocycles. The molecule has 0 unspecified atom stereocenters. The predicted octanol–water partition coefficient (Wildman–Crippen LogP) is 6.51. The van der Waals surface area contributed by atoms with Crippen LogP contribution in [0.15, 0.2) is 48.5 Å². The number of halogens is 3. The second kappa shape index (κ2) is 8.15. The third-order valence-electron chi connectivity index (χ3n) is 5.44. The molecule has 1 aliphatic carbocycles. The van der Waals surface area contributed by atoms with Gasteiger partial charge in [-0.3, -0.25) is 0 Å². The van der Waals surface area contributed by atoms with E-state index in [0.29, 0.717) is 5.92 Å². The van der Waals surface area contributed by atoms with E-state index in [2.05, 4.69) is 23.8 Å². The summed E-state index contributed by atoms with van der Waals surface area (Å²) in [7, 11) is 0. The van der Waals surface area contributed by atoms with Crippen LogP contribution < -0.4 is 4.74 Å². The number of esters is 1. The van der Waals surface area contributed by atoms with Crippen LogP contribution in [0.5, 0.6) is 5.75 Å². The van der Waals surface area contributed by atoms with E-state index >= 15 is 0 Å². The van der Waals surface area contributed by atoms with Gasteiger partial charge in [0.05, 0.1) is 0 Å². The molecule has 2 nitrogen and oxygen atoms in total. The summed E-state index contributed by atoms with van der Waals surface area (Å²) in [5, 5.41) is 0. The van der Waals surface area contributed by atoms with Gasteiger partial charge in [0.2, 0.25) is 0 Å². The number of ether oxygens (including phenoxy) is 1. The highest BCUT2D eigenvalue weighted by atomic mass is 19.4. The Labute approximate surface area is 157 Å². The van der Waals surface area contributed by atoms with Crippen LogP contribution in [0, 0.1) is 5.92 Å². The molecule has 5 heteroatoms. The summed E-state index contributed by atoms with van der Waals surface area (Å²) in [6, 6.07) is 14.4. The number of rotatable bonds is 4. The molecule has 3 rings (SSSR count). The van der Waals surface area contributed by atoms with Crippen molar-refractivity contribution in [2.45, 2.75) is 51.1 Å². The van der Waals surface area contributed by atoms with Gasteiger partial charge >= 0.3 is 12.1 Å². The predicted molar refractivity (Wildman–Crippen MR) is 98.6 cm³/mol. The number of hydrogen-bond acceptors (Lipinski definition) is 2. The van der Waals surface area contributed by atoms with E-state index in [4.69, 9.17) is 0 Å². The number of benzene rings is 2. The van der Waals surface area contributed by atoms with Crippen molar-refractivity contribution in [2.24, 2.45) is 5.92 Å². The molecule has 0 saturated heterocycles. The zero-order valence-electron chi connectivity index (χ0n) is 15.3. The summed E-state index contributed by atoms with van der Waals surface area (Å²) in [5.74, 6) is -0.848. The van der Waals surface area contributed by atoms with Gasteiger partial charge < -0.3 is 4.74 Å². The standard InChI is InChI=1S/C22H23F3O2/c1-2-15-3-5-16(6-4-15)17-7-9-18(10-8-17)19-11-13-20(14-12-19)27-21(26)22(23,24)25/h7-16H,2-6H2,1H3. The lowest BCUT2D eigenvalue weighted by Crippen LogP contribution is -2.27. The number of hydrogen-bond donors (Lipinski definition) is 0. The fraction of sp³-hybridized carbons (Fsp3) is 0.409. The summed E-state index contributed by atoms with van der Waals surface area (Å²) in [4.78, 5) is 10.9. The van der Waals surface area contributed by atoms with Gasteiger partial charge in [0.25, 0.3) is 0 Å². The molecule has 0 radical (unpaired) electrons. The maximum absolute atomic E-state index is 12.2. The molecule has 0 heterocycles. The normalized spacial score (nSPS) is 20.3. The molecule has 0 bridgehead atoms. The van der Waals surface area contributed by atoms with Crippen LogP contribution in [-0.4, -0.2) is 12.1 Å². The Morgan fingerprint density at radius 3 is 1.93 bits per heavy atom. The Balaban J connectivity index is 1.64. The molecule has 0 atom stereocenters. The van der Waals surface area contributed by atoms with E-state index in [-0.39, 0.29) is 5.75 Å². The lowest BCUT2D eigenvalue weighted by molar-refractivity contribution is -0.189. The van der Waals surface area contributed by atoms with Crippen LogP contribution in [0.25, 0.3) is 11.1 Å². The van der Waals surface area contributed by atoms with Gasteiger partial charge in [-0.15, -0.1) is 0 Å². The van der Waals surface area contributed by atoms with Crippen LogP contribution >= 0.6 is 0 Å². The first-order chi connectivity index (χ1) is 12.9. The fourth-order valence-corrected chi connectivity index (χ4v) is 3.73. The maximum atomic E-state index is 12.2. The quantitative estimate of drug-likeness (QED) is 0.449. The minimum atomic E-state index is -5.00. The summed E-state index contributed by atoms with van der Waals surface area (Å²) in [6.07, 6.45) is 1.32. The first-order valence-corrected chi connectivity index (χ1v) is 9.36. The average molecular weight is 376 g/mol. The fourth-order valence-electron chi connectivity index (χ4n) is 3.73. The zero-order valence-corrected chi connectivity index (χ0v) is 15.3. The molecule has 0 N–H and O–H groups in total. The van der Waals surface area contributed by atoms with Gasteiger partial charge in [0, 0.05) is 0 Å². The molecular weight excluding hydrogens is 353 g/mol. The van der Waals surface area contributed by atoms with Crippen molar-refractivity contribution in [1.82, 2.24) is 0 Å². The molecule has 0 spiro atoms. The highest BCUT2D eigenvalue weighted by molar-refractivity contribution is 5.78. The zero-order chi connectivity index (χ0) is 19.4. The first kappa shape index (κ1) is 19.5. The van der Waals surface area contributed by atoms with Gasteiger partial charge in [-0.2, -0.15) is 13.2 Å². The molecular formula is C22H23F3O2. The largest absolute Gasteiger partial charge is 0.491 e. The van der Waals surface area contributed by atoms with Gasteiger partial charge in [-0.05, 0) is 66.3 Å². The van der Waals surface area contributed by atoms with Crippen LogP contribution in [0.2, 0.25) is 0 Å². The molecule has 144 valence electrons. The molecule has 2 aromatic rings. The van der Waals surface area contributed by atoms with Crippen molar-refractivity contribution in [3.8, 4) is 16.9 Å². The molecule has 0 aliphatic heterocycles. The molecule has 1 fully saturated rings. The average Bonchev–Trinajstić information content (AvgIpc) is 2.68. The number of carbonyl (C=O) groups is 1. The third kappa shape index (κ3) is 4.90. The van der Waals surface area contributed by atoms with Crippen LogP contribution in [0.1, 0.15) is 50.5 Å². The minimum absolute atomic E-state index is 0.120. The lowest BCUT2D eigenvalue weighted by atomic mass is 9.77. The molecule has 27 heavy (non-hydrogen) atoms. The Bertz CT molecular complexity index is 756. The van der Waals surface area contributed by atoms with Gasteiger partial charge in [-0.1, -0.05) is 49.7 Å². The van der Waals surface area contributed by atoms with Crippen molar-refractivity contribution in [2.75, 3.05) is 0 Å². The summed E-state index contributed by atoms with van der Waals surface area (Å²) in [5.41, 5.74) is 3.20. The minimum Gasteiger partial charge on any atom is -0.420 e. The molecule has 2 aromatic carbocycles. The highest BCUT2D eigenvalue weighted by Gasteiger charge is 2.41. The second-order valence-corrected chi connectivity index (χ2v) is 7.16. The topological polar surface area (TPSA) is 26.3 Å². The smallest absolute Gasteiger partial charge is 0.420 e. The summed E-state index contributed by atoms with van der Waals surface area (Å²) < 4.78 is 41.0. The van der Waals surface area contributed by atoms with Crippen LogP contribution in [-0.2, 0) is 4.79 Å². The highest BCUT2D eigenvalue weighted by Crippen LogP contribution is 2.37. The van der Waals surface area contributed by atoms with Crippen molar-refractivity contribution in [1.29, 1.82) is 0 Å². The Morgan fingerprint density at radius 1 is 0.926 bits per heavy atom. The monoisotopic (exact) mass is 376 g/mol. The SMILES string of the molecule is CCC1CCC(c2ccc(-c3ccc(OC(=O)C(F)(F)F)cc3)cc2)CC1. The van der Waals surface area contributed by atoms with Gasteiger partial charge in [-0.25, -0.2) is 4.79 Å². The van der Waals surface area contributed by atoms with E-state index in [1.807, 2.05) is 12.1 Å². The molecule has 1 aliphatic rings. The van der Waals surface area contributed by atoms with E-state index < -0.39 is 12.1 Å². The number of alkyl halides is 3. The van der Waals surface area contributed by atoms with Crippen molar-refractivity contribution >= 4 is 5.97 Å². The number of carbonyl (C=O) groups excluding carboxylic acids is 1. The Kier molecular flexibility index (Phi) is 5.88. The van der Waals surface area contributed by atoms with E-state index in [1.54, 1.807) is 12.1 Å². The summed E-state index contributed by atoms with van der Waals surface area (Å²) in [6.45, 7) is 2.26. The Morgan fingerprint density at radius 2 is 1.44 bits per heavy atom. The van der Waals surface area contributed by atoms with Gasteiger partial charge in [0.15, 0.2) is 0 Å². The Hall–Kier alpha value is -2.30. The van der Waals surface area contributed by atoms with Gasteiger partial charge in [0.1, 0.15) is 5.75 Å². The van der Waals surface area contributed by atoms with Crippen molar-refractivity contribution < 1.29 is 22.7 Å². The summed E-state index contributed by atoms with van der Waals surface area (Å²) >= 11 is 0. The van der Waals surface area contributed by atoms with Crippen LogP contribution in [0.3, 0.4) is 0 Å².